The summed E-state index contributed by atoms with van der Waals surface area (Å²) in [5, 5.41) is 3.44. The molecule has 0 fully saturated rings. The van der Waals surface area contributed by atoms with Crippen LogP contribution in [-0.4, -0.2) is 17.6 Å². The van der Waals surface area contributed by atoms with E-state index in [1.165, 1.54) is 36.2 Å². The van der Waals surface area contributed by atoms with Crippen molar-refractivity contribution in [1.29, 1.82) is 0 Å². The zero-order chi connectivity index (χ0) is 11.3. The van der Waals surface area contributed by atoms with E-state index in [2.05, 4.69) is 44.1 Å². The summed E-state index contributed by atoms with van der Waals surface area (Å²) < 4.78 is 0. The van der Waals surface area contributed by atoms with Gasteiger partial charge >= 0.3 is 0 Å². The van der Waals surface area contributed by atoms with Gasteiger partial charge in [-0.05, 0) is 51.3 Å². The molecule has 0 saturated carbocycles. The van der Waals surface area contributed by atoms with Crippen molar-refractivity contribution in [1.82, 2.24) is 10.3 Å². The molecule has 2 heteroatoms. The van der Waals surface area contributed by atoms with Gasteiger partial charge in [0, 0.05) is 17.4 Å². The van der Waals surface area contributed by atoms with Crippen molar-refractivity contribution in [2.45, 2.75) is 53.0 Å². The minimum absolute atomic E-state index is 0.612. The molecule has 1 aromatic heterocycles. The fourth-order valence-electron chi connectivity index (χ4n) is 1.87. The van der Waals surface area contributed by atoms with E-state index in [4.69, 9.17) is 0 Å². The van der Waals surface area contributed by atoms with E-state index < -0.39 is 0 Å². The summed E-state index contributed by atoms with van der Waals surface area (Å²) in [5.74, 6) is 0. The third-order valence-electron chi connectivity index (χ3n) is 2.68. The highest BCUT2D eigenvalue weighted by molar-refractivity contribution is 5.24. The Hall–Kier alpha value is -0.760. The number of hydrogen-bond donors (Lipinski definition) is 2. The molecule has 0 saturated heterocycles. The molecule has 0 atom stereocenters. The summed E-state index contributed by atoms with van der Waals surface area (Å²) in [6.07, 6.45) is 3.75. The first-order valence-electron chi connectivity index (χ1n) is 5.98. The van der Waals surface area contributed by atoms with Crippen LogP contribution in [0.2, 0.25) is 0 Å². The van der Waals surface area contributed by atoms with Crippen LogP contribution in [0.1, 0.15) is 43.6 Å². The van der Waals surface area contributed by atoms with Crippen molar-refractivity contribution in [2.75, 3.05) is 6.54 Å². The lowest BCUT2D eigenvalue weighted by Gasteiger charge is -2.07. The second-order valence-electron chi connectivity index (χ2n) is 4.67. The average molecular weight is 208 g/mol. The summed E-state index contributed by atoms with van der Waals surface area (Å²) in [7, 11) is 0. The Kier molecular flexibility index (Phi) is 4.89. The topological polar surface area (TPSA) is 27.8 Å². The van der Waals surface area contributed by atoms with Crippen molar-refractivity contribution in [3.05, 3.63) is 23.0 Å². The minimum atomic E-state index is 0.612. The van der Waals surface area contributed by atoms with E-state index in [0.717, 1.165) is 6.54 Å². The van der Waals surface area contributed by atoms with Gasteiger partial charge in [0.25, 0.3) is 0 Å². The molecule has 0 unspecified atom stereocenters. The van der Waals surface area contributed by atoms with Crippen LogP contribution in [0.15, 0.2) is 6.07 Å². The molecule has 0 amide bonds. The first kappa shape index (κ1) is 12.3. The van der Waals surface area contributed by atoms with E-state index in [9.17, 15) is 0 Å². The Labute approximate surface area is 93.5 Å². The third kappa shape index (κ3) is 4.52. The lowest BCUT2D eigenvalue weighted by molar-refractivity contribution is 0.557. The van der Waals surface area contributed by atoms with Crippen molar-refractivity contribution in [3.8, 4) is 0 Å². The number of hydrogen-bond acceptors (Lipinski definition) is 1. The normalized spacial score (nSPS) is 11.3. The van der Waals surface area contributed by atoms with E-state index >= 15 is 0 Å². The molecule has 0 spiro atoms. The standard InChI is InChI=1S/C13H24N2/c1-10(2)14-8-6-5-7-13-9-11(3)15-12(13)4/h9-10,14-15H,5-8H2,1-4H3. The van der Waals surface area contributed by atoms with Gasteiger partial charge < -0.3 is 10.3 Å². The number of H-pyrrole nitrogens is 1. The molecule has 15 heavy (non-hydrogen) atoms. The van der Waals surface area contributed by atoms with E-state index in [0.29, 0.717) is 6.04 Å². The highest BCUT2D eigenvalue weighted by Gasteiger charge is 2.01. The van der Waals surface area contributed by atoms with Crippen LogP contribution in [0.4, 0.5) is 0 Å². The highest BCUT2D eigenvalue weighted by atomic mass is 14.9. The molecular formula is C13H24N2. The molecule has 0 radical (unpaired) electrons. The summed E-state index contributed by atoms with van der Waals surface area (Å²) in [6, 6.07) is 2.88. The smallest absolute Gasteiger partial charge is 0.0150 e. The van der Waals surface area contributed by atoms with Crippen LogP contribution in [-0.2, 0) is 6.42 Å². The van der Waals surface area contributed by atoms with Crippen LogP contribution in [0.5, 0.6) is 0 Å². The maximum Gasteiger partial charge on any atom is 0.0150 e. The van der Waals surface area contributed by atoms with E-state index in [-0.39, 0.29) is 0 Å². The number of aromatic nitrogens is 1. The van der Waals surface area contributed by atoms with Crippen LogP contribution in [0.25, 0.3) is 0 Å². The van der Waals surface area contributed by atoms with Crippen LogP contribution >= 0.6 is 0 Å². The Balaban J connectivity index is 2.17. The van der Waals surface area contributed by atoms with Gasteiger partial charge in [-0.2, -0.15) is 0 Å². The lowest BCUT2D eigenvalue weighted by atomic mass is 10.1. The Morgan fingerprint density at radius 2 is 2.00 bits per heavy atom. The molecule has 0 bridgehead atoms. The van der Waals surface area contributed by atoms with Gasteiger partial charge in [-0.25, -0.2) is 0 Å². The van der Waals surface area contributed by atoms with E-state index in [1.54, 1.807) is 0 Å². The van der Waals surface area contributed by atoms with E-state index in [1.807, 2.05) is 0 Å². The SMILES string of the molecule is Cc1cc(CCCCNC(C)C)c(C)[nH]1. The van der Waals surface area contributed by atoms with Gasteiger partial charge in [0.05, 0.1) is 0 Å². The quantitative estimate of drug-likeness (QED) is 0.691. The molecule has 1 rings (SSSR count). The molecule has 2 N–H and O–H groups in total. The highest BCUT2D eigenvalue weighted by Crippen LogP contribution is 2.12. The van der Waals surface area contributed by atoms with Gasteiger partial charge in [-0.3, -0.25) is 0 Å². The van der Waals surface area contributed by atoms with Gasteiger partial charge in [0.15, 0.2) is 0 Å². The summed E-state index contributed by atoms with van der Waals surface area (Å²) in [4.78, 5) is 3.35. The Morgan fingerprint density at radius 1 is 1.27 bits per heavy atom. The predicted octanol–water partition coefficient (Wildman–Crippen LogP) is 2.95. The summed E-state index contributed by atoms with van der Waals surface area (Å²) in [5.41, 5.74) is 4.10. The zero-order valence-electron chi connectivity index (χ0n) is 10.5. The summed E-state index contributed by atoms with van der Waals surface area (Å²) in [6.45, 7) is 9.81. The third-order valence-corrected chi connectivity index (χ3v) is 2.68. The monoisotopic (exact) mass is 208 g/mol. The average Bonchev–Trinajstić information content (AvgIpc) is 2.44. The summed E-state index contributed by atoms with van der Waals surface area (Å²) >= 11 is 0. The van der Waals surface area contributed by atoms with Crippen molar-refractivity contribution in [3.63, 3.8) is 0 Å². The molecule has 0 aliphatic rings. The predicted molar refractivity (Wildman–Crippen MR) is 66.3 cm³/mol. The second kappa shape index (κ2) is 5.96. The molecular weight excluding hydrogens is 184 g/mol. The van der Waals surface area contributed by atoms with Crippen LogP contribution in [0, 0.1) is 13.8 Å². The largest absolute Gasteiger partial charge is 0.362 e. The molecule has 2 nitrogen and oxygen atoms in total. The van der Waals surface area contributed by atoms with Crippen molar-refractivity contribution >= 4 is 0 Å². The molecule has 0 aliphatic carbocycles. The van der Waals surface area contributed by atoms with Gasteiger partial charge in [0.2, 0.25) is 0 Å². The fraction of sp³-hybridized carbons (Fsp3) is 0.692. The lowest BCUT2D eigenvalue weighted by Crippen LogP contribution is -2.23. The zero-order valence-corrected chi connectivity index (χ0v) is 10.5. The van der Waals surface area contributed by atoms with Gasteiger partial charge in [-0.15, -0.1) is 0 Å². The maximum atomic E-state index is 3.44. The van der Waals surface area contributed by atoms with Crippen LogP contribution in [0.3, 0.4) is 0 Å². The first-order chi connectivity index (χ1) is 7.09. The maximum absolute atomic E-state index is 3.44. The molecule has 1 aromatic rings. The van der Waals surface area contributed by atoms with Crippen molar-refractivity contribution < 1.29 is 0 Å². The number of nitrogens with one attached hydrogen (secondary N) is 2. The number of aromatic amines is 1. The minimum Gasteiger partial charge on any atom is -0.362 e. The molecule has 0 aliphatic heterocycles. The number of aryl methyl sites for hydroxylation is 3. The van der Waals surface area contributed by atoms with Crippen molar-refractivity contribution in [2.24, 2.45) is 0 Å². The Morgan fingerprint density at radius 3 is 2.53 bits per heavy atom. The second-order valence-corrected chi connectivity index (χ2v) is 4.67. The first-order valence-corrected chi connectivity index (χ1v) is 5.98. The Bertz CT molecular complexity index is 287. The van der Waals surface area contributed by atoms with Crippen LogP contribution < -0.4 is 5.32 Å². The fourth-order valence-corrected chi connectivity index (χ4v) is 1.87. The molecule has 1 heterocycles. The number of rotatable bonds is 6. The molecule has 86 valence electrons. The van der Waals surface area contributed by atoms with Gasteiger partial charge in [0.1, 0.15) is 0 Å². The number of unbranched alkanes of at least 4 members (excludes halogenated alkanes) is 1. The molecule has 0 aromatic carbocycles. The van der Waals surface area contributed by atoms with Gasteiger partial charge in [-0.1, -0.05) is 13.8 Å².